The maximum Gasteiger partial charge on any atom is 0.275 e. The summed E-state index contributed by atoms with van der Waals surface area (Å²) in [6.45, 7) is 4.02. The average Bonchev–Trinajstić information content (AvgIpc) is 2.94. The summed E-state index contributed by atoms with van der Waals surface area (Å²) in [4.78, 5) is 25.0. The van der Waals surface area contributed by atoms with Crippen molar-refractivity contribution in [2.24, 2.45) is 7.05 Å². The van der Waals surface area contributed by atoms with Crippen molar-refractivity contribution in [3.63, 3.8) is 0 Å². The number of rotatable bonds is 4. The minimum atomic E-state index is -0.199. The van der Waals surface area contributed by atoms with Gasteiger partial charge in [-0.2, -0.15) is 0 Å². The van der Waals surface area contributed by atoms with Crippen molar-refractivity contribution in [2.45, 2.75) is 26.8 Å². The Kier molecular flexibility index (Phi) is 4.25. The molecule has 0 unspecified atom stereocenters. The molecule has 0 aliphatic rings. The third-order valence-corrected chi connectivity index (χ3v) is 4.32. The molecule has 0 radical (unpaired) electrons. The molecule has 1 N–H and O–H groups in total. The van der Waals surface area contributed by atoms with E-state index in [0.717, 1.165) is 28.6 Å². The Morgan fingerprint density at radius 3 is 2.67 bits per heavy atom. The number of anilines is 1. The highest BCUT2D eigenvalue weighted by Gasteiger charge is 2.12. The van der Waals surface area contributed by atoms with Crippen LogP contribution in [0, 0.1) is 6.92 Å². The Balaban J connectivity index is 1.87. The maximum atomic E-state index is 12.6. The Labute approximate surface area is 140 Å². The second-order valence-electron chi connectivity index (χ2n) is 5.99. The van der Waals surface area contributed by atoms with Gasteiger partial charge in [-0.15, -0.1) is 0 Å². The largest absolute Gasteiger partial charge is 0.346 e. The van der Waals surface area contributed by atoms with E-state index in [1.54, 1.807) is 10.8 Å². The van der Waals surface area contributed by atoms with Crippen LogP contribution in [0.3, 0.4) is 0 Å². The fourth-order valence-electron chi connectivity index (χ4n) is 2.99. The molecule has 5 heteroatoms. The van der Waals surface area contributed by atoms with Gasteiger partial charge in [0, 0.05) is 30.5 Å². The molecular weight excluding hydrogens is 302 g/mol. The lowest BCUT2D eigenvalue weighted by Crippen LogP contribution is -2.28. The summed E-state index contributed by atoms with van der Waals surface area (Å²) < 4.78 is 3.23. The van der Waals surface area contributed by atoms with Crippen LogP contribution in [0.5, 0.6) is 0 Å². The summed E-state index contributed by atoms with van der Waals surface area (Å²) in [6.07, 6.45) is 4.35. The monoisotopic (exact) mass is 323 g/mol. The van der Waals surface area contributed by atoms with E-state index in [4.69, 9.17) is 0 Å². The number of aromatic nitrogens is 2. The molecular formula is C19H21N3O2. The van der Waals surface area contributed by atoms with Crippen LogP contribution in [0.25, 0.3) is 10.9 Å². The molecule has 3 rings (SSSR count). The van der Waals surface area contributed by atoms with Crippen LogP contribution in [0.1, 0.15) is 18.1 Å². The van der Waals surface area contributed by atoms with E-state index in [1.165, 1.54) is 4.57 Å². The number of hydrogen-bond acceptors (Lipinski definition) is 2. The summed E-state index contributed by atoms with van der Waals surface area (Å²) in [5, 5.41) is 3.84. The van der Waals surface area contributed by atoms with Crippen LogP contribution in [0.4, 0.5) is 5.69 Å². The number of para-hydroxylation sites is 1. The zero-order valence-electron chi connectivity index (χ0n) is 14.2. The number of benzene rings is 1. The number of aryl methyl sites for hydroxylation is 3. The minimum absolute atomic E-state index is 0.00254. The molecule has 0 bridgehead atoms. The van der Waals surface area contributed by atoms with Crippen molar-refractivity contribution in [3.8, 4) is 0 Å². The minimum Gasteiger partial charge on any atom is -0.346 e. The molecule has 0 atom stereocenters. The van der Waals surface area contributed by atoms with Gasteiger partial charge in [-0.3, -0.25) is 9.59 Å². The highest BCUT2D eigenvalue weighted by atomic mass is 16.2. The van der Waals surface area contributed by atoms with Gasteiger partial charge in [0.15, 0.2) is 0 Å². The maximum absolute atomic E-state index is 12.6. The van der Waals surface area contributed by atoms with E-state index < -0.39 is 0 Å². The van der Waals surface area contributed by atoms with Gasteiger partial charge < -0.3 is 14.5 Å². The van der Waals surface area contributed by atoms with Crippen molar-refractivity contribution < 1.29 is 4.79 Å². The zero-order valence-corrected chi connectivity index (χ0v) is 14.2. The van der Waals surface area contributed by atoms with E-state index in [2.05, 4.69) is 12.2 Å². The topological polar surface area (TPSA) is 56.0 Å². The number of carbonyl (C=O) groups is 1. The summed E-state index contributed by atoms with van der Waals surface area (Å²) in [6, 6.07) is 9.71. The standard InChI is InChI=1S/C19H21N3O2/c1-4-14-7-5-6-13(2)17(14)20-16(23)12-22-11-9-15-8-10-21(3)18(15)19(22)24/h5-11H,4,12H2,1-3H3,(H,20,23). The zero-order chi connectivity index (χ0) is 17.3. The summed E-state index contributed by atoms with van der Waals surface area (Å²) in [5.41, 5.74) is 3.41. The van der Waals surface area contributed by atoms with E-state index >= 15 is 0 Å². The number of nitrogens with zero attached hydrogens (tertiary/aromatic N) is 2. The molecule has 0 spiro atoms. The predicted octanol–water partition coefficient (Wildman–Crippen LogP) is 2.85. The van der Waals surface area contributed by atoms with Gasteiger partial charge in [0.2, 0.25) is 5.91 Å². The first kappa shape index (κ1) is 16.1. The third kappa shape index (κ3) is 2.85. The summed E-state index contributed by atoms with van der Waals surface area (Å²) in [5.74, 6) is -0.199. The fourth-order valence-corrected chi connectivity index (χ4v) is 2.99. The SMILES string of the molecule is CCc1cccc(C)c1NC(=O)Cn1ccc2ccn(C)c2c1=O. The van der Waals surface area contributed by atoms with Gasteiger partial charge in [0.1, 0.15) is 12.1 Å². The number of pyridine rings is 1. The molecule has 24 heavy (non-hydrogen) atoms. The molecule has 0 saturated heterocycles. The normalized spacial score (nSPS) is 11.0. The average molecular weight is 323 g/mol. The van der Waals surface area contributed by atoms with Crippen molar-refractivity contribution in [1.82, 2.24) is 9.13 Å². The number of nitrogens with one attached hydrogen (secondary N) is 1. The Bertz CT molecular complexity index is 966. The third-order valence-electron chi connectivity index (χ3n) is 4.32. The van der Waals surface area contributed by atoms with E-state index in [-0.39, 0.29) is 18.0 Å². The second-order valence-corrected chi connectivity index (χ2v) is 5.99. The van der Waals surface area contributed by atoms with Crippen LogP contribution in [-0.4, -0.2) is 15.0 Å². The molecule has 124 valence electrons. The number of hydrogen-bond donors (Lipinski definition) is 1. The number of amides is 1. The van der Waals surface area contributed by atoms with E-state index in [9.17, 15) is 9.59 Å². The van der Waals surface area contributed by atoms with Gasteiger partial charge >= 0.3 is 0 Å². The molecule has 0 aliphatic heterocycles. The molecule has 5 nitrogen and oxygen atoms in total. The second kappa shape index (κ2) is 6.35. The van der Waals surface area contributed by atoms with Crippen LogP contribution < -0.4 is 10.9 Å². The van der Waals surface area contributed by atoms with Gasteiger partial charge in [0.25, 0.3) is 5.56 Å². The van der Waals surface area contributed by atoms with E-state index in [1.807, 2.05) is 50.5 Å². The quantitative estimate of drug-likeness (QED) is 0.802. The molecule has 2 aromatic heterocycles. The fraction of sp³-hybridized carbons (Fsp3) is 0.263. The molecule has 3 aromatic rings. The Hall–Kier alpha value is -2.82. The molecule has 0 fully saturated rings. The van der Waals surface area contributed by atoms with Gasteiger partial charge in [-0.05, 0) is 36.6 Å². The first-order valence-corrected chi connectivity index (χ1v) is 8.04. The van der Waals surface area contributed by atoms with Crippen molar-refractivity contribution in [1.29, 1.82) is 0 Å². The van der Waals surface area contributed by atoms with Crippen LogP contribution >= 0.6 is 0 Å². The van der Waals surface area contributed by atoms with Crippen LogP contribution in [0.2, 0.25) is 0 Å². The molecule has 2 heterocycles. The van der Waals surface area contributed by atoms with Gasteiger partial charge in [-0.25, -0.2) is 0 Å². The van der Waals surface area contributed by atoms with Crippen LogP contribution in [-0.2, 0) is 24.8 Å². The lowest BCUT2D eigenvalue weighted by Gasteiger charge is -2.13. The Morgan fingerprint density at radius 2 is 1.92 bits per heavy atom. The summed E-state index contributed by atoms with van der Waals surface area (Å²) >= 11 is 0. The molecule has 1 amide bonds. The van der Waals surface area contributed by atoms with Crippen LogP contribution in [0.15, 0.2) is 47.5 Å². The van der Waals surface area contributed by atoms with Gasteiger partial charge in [-0.1, -0.05) is 25.1 Å². The number of carbonyl (C=O) groups excluding carboxylic acids is 1. The lowest BCUT2D eigenvalue weighted by atomic mass is 10.1. The Morgan fingerprint density at radius 1 is 1.17 bits per heavy atom. The molecule has 0 aliphatic carbocycles. The lowest BCUT2D eigenvalue weighted by molar-refractivity contribution is -0.116. The van der Waals surface area contributed by atoms with Gasteiger partial charge in [0.05, 0.1) is 0 Å². The predicted molar refractivity (Wildman–Crippen MR) is 96.4 cm³/mol. The van der Waals surface area contributed by atoms with Crippen molar-refractivity contribution in [2.75, 3.05) is 5.32 Å². The smallest absolute Gasteiger partial charge is 0.275 e. The highest BCUT2D eigenvalue weighted by molar-refractivity contribution is 5.92. The van der Waals surface area contributed by atoms with Crippen molar-refractivity contribution >= 4 is 22.5 Å². The highest BCUT2D eigenvalue weighted by Crippen LogP contribution is 2.21. The first-order chi connectivity index (χ1) is 11.5. The molecule has 0 saturated carbocycles. The molecule has 1 aromatic carbocycles. The van der Waals surface area contributed by atoms with Crippen molar-refractivity contribution in [3.05, 3.63) is 64.2 Å². The van der Waals surface area contributed by atoms with E-state index in [0.29, 0.717) is 5.52 Å². The number of fused-ring (bicyclic) bond motifs is 1. The first-order valence-electron chi connectivity index (χ1n) is 8.04. The summed E-state index contributed by atoms with van der Waals surface area (Å²) in [7, 11) is 1.83.